The molecule has 88 valence electrons. The zero-order valence-electron chi connectivity index (χ0n) is 10.0. The highest BCUT2D eigenvalue weighted by Crippen LogP contribution is 2.44. The quantitative estimate of drug-likeness (QED) is 0.662. The van der Waals surface area contributed by atoms with E-state index in [1.807, 2.05) is 0 Å². The third-order valence-electron chi connectivity index (χ3n) is 3.36. The van der Waals surface area contributed by atoms with Gasteiger partial charge in [0, 0.05) is 25.7 Å². The average Bonchev–Trinajstić information content (AvgIpc) is 2.97. The number of nitrogens with one attached hydrogen (secondary N) is 1. The van der Waals surface area contributed by atoms with Gasteiger partial charge in [-0.05, 0) is 33.7 Å². The zero-order valence-corrected chi connectivity index (χ0v) is 10.0. The molecule has 0 aromatic rings. The van der Waals surface area contributed by atoms with E-state index in [-0.39, 0.29) is 11.3 Å². The molecular weight excluding hydrogens is 190 g/mol. The smallest absolute Gasteiger partial charge is 0.227 e. The second-order valence-electron chi connectivity index (χ2n) is 4.81. The van der Waals surface area contributed by atoms with Crippen molar-refractivity contribution in [3.05, 3.63) is 0 Å². The van der Waals surface area contributed by atoms with Gasteiger partial charge in [-0.3, -0.25) is 4.79 Å². The molecule has 4 nitrogen and oxygen atoms in total. The van der Waals surface area contributed by atoms with E-state index in [0.29, 0.717) is 12.6 Å². The number of nitrogens with two attached hydrogens (primary N) is 1. The summed E-state index contributed by atoms with van der Waals surface area (Å²) in [6, 6.07) is 0.520. The Morgan fingerprint density at radius 1 is 1.53 bits per heavy atom. The van der Waals surface area contributed by atoms with Gasteiger partial charge in [0.2, 0.25) is 5.91 Å². The predicted octanol–water partition coefficient (Wildman–Crippen LogP) is 0.182. The van der Waals surface area contributed by atoms with Crippen molar-refractivity contribution in [2.75, 3.05) is 26.7 Å². The summed E-state index contributed by atoms with van der Waals surface area (Å²) in [5.74, 6) is 0.141. The number of nitrogens with zero attached hydrogens (tertiary/aromatic N) is 1. The first-order valence-corrected chi connectivity index (χ1v) is 5.70. The summed E-state index contributed by atoms with van der Waals surface area (Å²) in [6.45, 7) is 6.38. The molecule has 4 heteroatoms. The molecule has 0 aromatic heterocycles. The summed E-state index contributed by atoms with van der Waals surface area (Å²) in [5, 5.41) is 2.96. The van der Waals surface area contributed by atoms with Crippen LogP contribution in [0.5, 0.6) is 0 Å². The van der Waals surface area contributed by atoms with Crippen molar-refractivity contribution in [3.8, 4) is 0 Å². The van der Waals surface area contributed by atoms with Crippen LogP contribution < -0.4 is 11.1 Å². The first-order chi connectivity index (χ1) is 7.02. The molecule has 1 rings (SSSR count). The summed E-state index contributed by atoms with van der Waals surface area (Å²) >= 11 is 0. The van der Waals surface area contributed by atoms with E-state index in [1.165, 1.54) is 0 Å². The van der Waals surface area contributed by atoms with E-state index in [2.05, 4.69) is 31.1 Å². The normalized spacial score (nSPS) is 18.3. The summed E-state index contributed by atoms with van der Waals surface area (Å²) in [7, 11) is 2.06. The van der Waals surface area contributed by atoms with E-state index < -0.39 is 0 Å². The van der Waals surface area contributed by atoms with Gasteiger partial charge in [0.1, 0.15) is 0 Å². The second-order valence-corrected chi connectivity index (χ2v) is 4.81. The highest BCUT2D eigenvalue weighted by atomic mass is 16.2. The van der Waals surface area contributed by atoms with Gasteiger partial charge in [-0.15, -0.1) is 0 Å². The Morgan fingerprint density at radius 3 is 2.53 bits per heavy atom. The number of hydrogen-bond acceptors (Lipinski definition) is 3. The Labute approximate surface area is 92.2 Å². The second kappa shape index (κ2) is 4.94. The fourth-order valence-corrected chi connectivity index (χ4v) is 1.47. The minimum Gasteiger partial charge on any atom is -0.354 e. The van der Waals surface area contributed by atoms with Crippen molar-refractivity contribution in [2.24, 2.45) is 11.1 Å². The largest absolute Gasteiger partial charge is 0.354 e. The molecule has 1 aliphatic carbocycles. The maximum Gasteiger partial charge on any atom is 0.227 e. The van der Waals surface area contributed by atoms with E-state index in [1.54, 1.807) is 0 Å². The minimum absolute atomic E-state index is 0.141. The lowest BCUT2D eigenvalue weighted by Gasteiger charge is -2.21. The highest BCUT2D eigenvalue weighted by Gasteiger charge is 2.48. The minimum atomic E-state index is -0.212. The predicted molar refractivity (Wildman–Crippen MR) is 61.5 cm³/mol. The Morgan fingerprint density at radius 2 is 2.13 bits per heavy atom. The number of amides is 1. The number of carbonyl (C=O) groups excluding carboxylic acids is 1. The summed E-state index contributed by atoms with van der Waals surface area (Å²) < 4.78 is 0. The molecule has 0 bridgehead atoms. The van der Waals surface area contributed by atoms with Crippen molar-refractivity contribution in [1.82, 2.24) is 10.2 Å². The lowest BCUT2D eigenvalue weighted by atomic mass is 10.1. The van der Waals surface area contributed by atoms with E-state index in [0.717, 1.165) is 25.9 Å². The molecule has 0 unspecified atom stereocenters. The molecule has 0 heterocycles. The Bertz CT molecular complexity index is 224. The number of likely N-dealkylation sites (N-methyl/N-ethyl adjacent to an activating group) is 1. The number of hydrogen-bond donors (Lipinski definition) is 2. The van der Waals surface area contributed by atoms with Crippen LogP contribution in [0.15, 0.2) is 0 Å². The molecule has 0 aliphatic heterocycles. The maximum atomic E-state index is 11.7. The van der Waals surface area contributed by atoms with Crippen molar-refractivity contribution in [1.29, 1.82) is 0 Å². The first kappa shape index (κ1) is 12.5. The Balaban J connectivity index is 2.18. The molecule has 15 heavy (non-hydrogen) atoms. The molecule has 3 N–H and O–H groups in total. The van der Waals surface area contributed by atoms with Crippen LogP contribution >= 0.6 is 0 Å². The fraction of sp³-hybridized carbons (Fsp3) is 0.909. The van der Waals surface area contributed by atoms with Crippen LogP contribution in [0.4, 0.5) is 0 Å². The van der Waals surface area contributed by atoms with Gasteiger partial charge < -0.3 is 16.0 Å². The molecule has 1 amide bonds. The van der Waals surface area contributed by atoms with Gasteiger partial charge in [0.25, 0.3) is 0 Å². The first-order valence-electron chi connectivity index (χ1n) is 5.70. The van der Waals surface area contributed by atoms with Crippen molar-refractivity contribution in [3.63, 3.8) is 0 Å². The molecule has 0 atom stereocenters. The highest BCUT2D eigenvalue weighted by molar-refractivity contribution is 5.85. The Kier molecular flexibility index (Phi) is 4.11. The van der Waals surface area contributed by atoms with Gasteiger partial charge in [-0.2, -0.15) is 0 Å². The van der Waals surface area contributed by atoms with Crippen molar-refractivity contribution < 1.29 is 4.79 Å². The molecule has 0 spiro atoms. The molecule has 1 aliphatic rings. The lowest BCUT2D eigenvalue weighted by Crippen LogP contribution is -2.41. The lowest BCUT2D eigenvalue weighted by molar-refractivity contribution is -0.126. The number of carbonyl (C=O) groups is 1. The van der Waals surface area contributed by atoms with Gasteiger partial charge in [-0.25, -0.2) is 0 Å². The molecule has 1 saturated carbocycles. The van der Waals surface area contributed by atoms with Crippen LogP contribution in [0.3, 0.4) is 0 Å². The van der Waals surface area contributed by atoms with Gasteiger partial charge in [0.15, 0.2) is 0 Å². The van der Waals surface area contributed by atoms with Crippen molar-refractivity contribution >= 4 is 5.91 Å². The fourth-order valence-electron chi connectivity index (χ4n) is 1.47. The SMILES string of the molecule is CC(C)N(C)CCNC(=O)C1(CN)CC1. The third-order valence-corrected chi connectivity index (χ3v) is 3.36. The van der Waals surface area contributed by atoms with Crippen LogP contribution in [0.1, 0.15) is 26.7 Å². The summed E-state index contributed by atoms with van der Waals surface area (Å²) in [6.07, 6.45) is 1.91. The third kappa shape index (κ3) is 3.18. The zero-order chi connectivity index (χ0) is 11.5. The maximum absolute atomic E-state index is 11.7. The molecular formula is C11H23N3O. The van der Waals surface area contributed by atoms with E-state index in [9.17, 15) is 4.79 Å². The van der Waals surface area contributed by atoms with Gasteiger partial charge in [-0.1, -0.05) is 0 Å². The summed E-state index contributed by atoms with van der Waals surface area (Å²) in [4.78, 5) is 13.9. The molecule has 0 saturated heterocycles. The van der Waals surface area contributed by atoms with Crippen LogP contribution in [-0.2, 0) is 4.79 Å². The Hall–Kier alpha value is -0.610. The monoisotopic (exact) mass is 213 g/mol. The van der Waals surface area contributed by atoms with Gasteiger partial charge in [0.05, 0.1) is 5.41 Å². The van der Waals surface area contributed by atoms with E-state index >= 15 is 0 Å². The van der Waals surface area contributed by atoms with Crippen LogP contribution in [-0.4, -0.2) is 43.5 Å². The topological polar surface area (TPSA) is 58.4 Å². The standard InChI is InChI=1S/C11H23N3O/c1-9(2)14(3)7-6-13-10(15)11(8-12)4-5-11/h9H,4-8,12H2,1-3H3,(H,13,15). The van der Waals surface area contributed by atoms with Crippen molar-refractivity contribution in [2.45, 2.75) is 32.7 Å². The number of rotatable bonds is 6. The molecule has 1 fully saturated rings. The van der Waals surface area contributed by atoms with Crippen LogP contribution in [0.2, 0.25) is 0 Å². The van der Waals surface area contributed by atoms with Gasteiger partial charge >= 0.3 is 0 Å². The van der Waals surface area contributed by atoms with E-state index in [4.69, 9.17) is 5.73 Å². The average molecular weight is 213 g/mol. The molecule has 0 aromatic carbocycles. The van der Waals surface area contributed by atoms with Crippen LogP contribution in [0.25, 0.3) is 0 Å². The summed E-state index contributed by atoms with van der Waals surface area (Å²) in [5.41, 5.74) is 5.37. The molecule has 0 radical (unpaired) electrons. The van der Waals surface area contributed by atoms with Crippen LogP contribution in [0, 0.1) is 5.41 Å².